The summed E-state index contributed by atoms with van der Waals surface area (Å²) in [6.45, 7) is 4.27. The van der Waals surface area contributed by atoms with Crippen molar-refractivity contribution >= 4 is 21.8 Å². The van der Waals surface area contributed by atoms with Gasteiger partial charge in [0.05, 0.1) is 22.3 Å². The third kappa shape index (κ3) is 2.92. The smallest absolute Gasteiger partial charge is 0.250 e. The fourth-order valence-electron chi connectivity index (χ4n) is 4.39. The molecular weight excluding hydrogens is 394 g/mol. The van der Waals surface area contributed by atoms with Crippen LogP contribution in [0.25, 0.3) is 50.4 Å². The van der Waals surface area contributed by atoms with E-state index in [4.69, 9.17) is 4.42 Å². The normalized spacial score (nSPS) is 11.4. The topological polar surface area (TPSA) is 43.9 Å². The second kappa shape index (κ2) is 7.20. The van der Waals surface area contributed by atoms with Crippen molar-refractivity contribution in [1.29, 1.82) is 0 Å². The summed E-state index contributed by atoms with van der Waals surface area (Å²) in [7, 11) is 0. The number of benzene rings is 4. The minimum atomic E-state index is 0.508. The maximum absolute atomic E-state index is 6.12. The molecule has 0 spiro atoms. The summed E-state index contributed by atoms with van der Waals surface area (Å²) in [4.78, 5) is 0. The Labute approximate surface area is 185 Å². The Morgan fingerprint density at radius 3 is 1.91 bits per heavy atom. The van der Waals surface area contributed by atoms with Crippen LogP contribution in [0, 0.1) is 13.8 Å². The van der Waals surface area contributed by atoms with Crippen LogP contribution in [0.1, 0.15) is 11.1 Å². The second-order valence-corrected chi connectivity index (χ2v) is 8.17. The lowest BCUT2D eigenvalue weighted by atomic mass is 10.1. The summed E-state index contributed by atoms with van der Waals surface area (Å²) in [5.41, 5.74) is 7.64. The minimum absolute atomic E-state index is 0.508. The largest absolute Gasteiger partial charge is 0.416 e. The van der Waals surface area contributed by atoms with Crippen LogP contribution in [0.3, 0.4) is 0 Å². The third-order valence-corrected chi connectivity index (χ3v) is 5.90. The molecule has 0 saturated heterocycles. The third-order valence-electron chi connectivity index (χ3n) is 5.90. The van der Waals surface area contributed by atoms with E-state index in [1.807, 2.05) is 48.5 Å². The molecule has 2 heterocycles. The standard InChI is InChI=1S/C28H21N3O/c1-18-12-14-25-22(16-18)23-17-19(2)13-15-26(23)31(25)24-11-7-6-10-21(24)28-30-29-27(32-28)20-8-4-3-5-9-20/h3-17H,1-2H3. The number of para-hydroxylation sites is 1. The second-order valence-electron chi connectivity index (χ2n) is 8.17. The molecule has 0 bridgehead atoms. The zero-order valence-electron chi connectivity index (χ0n) is 17.9. The molecule has 0 amide bonds. The lowest BCUT2D eigenvalue weighted by molar-refractivity contribution is 0.584. The molecule has 2 aromatic heterocycles. The molecule has 0 fully saturated rings. The highest BCUT2D eigenvalue weighted by Crippen LogP contribution is 2.37. The van der Waals surface area contributed by atoms with Crippen molar-refractivity contribution in [2.45, 2.75) is 13.8 Å². The van der Waals surface area contributed by atoms with Crippen LogP contribution in [0.15, 0.2) is 95.4 Å². The fourth-order valence-corrected chi connectivity index (χ4v) is 4.39. The molecule has 0 unspecified atom stereocenters. The fraction of sp³-hybridized carbons (Fsp3) is 0.0714. The summed E-state index contributed by atoms with van der Waals surface area (Å²) in [5.74, 6) is 1.03. The molecular formula is C28H21N3O. The molecule has 6 rings (SSSR count). The van der Waals surface area contributed by atoms with Crippen LogP contribution in [-0.4, -0.2) is 14.8 Å². The van der Waals surface area contributed by atoms with Gasteiger partial charge in [0.2, 0.25) is 11.8 Å². The van der Waals surface area contributed by atoms with Crippen LogP contribution in [0.2, 0.25) is 0 Å². The molecule has 32 heavy (non-hydrogen) atoms. The van der Waals surface area contributed by atoms with Gasteiger partial charge in [-0.3, -0.25) is 0 Å². The number of aryl methyl sites for hydroxylation is 2. The highest BCUT2D eigenvalue weighted by atomic mass is 16.4. The molecule has 6 aromatic rings. The number of rotatable bonds is 3. The Bertz CT molecular complexity index is 1530. The van der Waals surface area contributed by atoms with Gasteiger partial charge in [0, 0.05) is 16.3 Å². The van der Waals surface area contributed by atoms with Crippen molar-refractivity contribution in [1.82, 2.24) is 14.8 Å². The van der Waals surface area contributed by atoms with Crippen LogP contribution < -0.4 is 0 Å². The van der Waals surface area contributed by atoms with Gasteiger partial charge in [-0.1, -0.05) is 53.6 Å². The predicted molar refractivity (Wildman–Crippen MR) is 129 cm³/mol. The molecule has 0 aliphatic rings. The SMILES string of the molecule is Cc1ccc2c(c1)c1cc(C)ccc1n2-c1ccccc1-c1nnc(-c2ccccc2)o1. The van der Waals surface area contributed by atoms with Crippen molar-refractivity contribution in [3.8, 4) is 28.6 Å². The van der Waals surface area contributed by atoms with E-state index in [0.717, 1.165) is 27.8 Å². The molecule has 4 heteroatoms. The Morgan fingerprint density at radius 2 is 1.22 bits per heavy atom. The van der Waals surface area contributed by atoms with E-state index < -0.39 is 0 Å². The lowest BCUT2D eigenvalue weighted by Crippen LogP contribution is -1.97. The van der Waals surface area contributed by atoms with Crippen molar-refractivity contribution in [2.75, 3.05) is 0 Å². The van der Waals surface area contributed by atoms with Gasteiger partial charge >= 0.3 is 0 Å². The van der Waals surface area contributed by atoms with Gasteiger partial charge in [0.15, 0.2) is 0 Å². The molecule has 154 valence electrons. The van der Waals surface area contributed by atoms with Crippen molar-refractivity contribution in [3.63, 3.8) is 0 Å². The molecule has 4 aromatic carbocycles. The van der Waals surface area contributed by atoms with Gasteiger partial charge in [-0.25, -0.2) is 0 Å². The quantitative estimate of drug-likeness (QED) is 0.309. The Kier molecular flexibility index (Phi) is 4.18. The van der Waals surface area contributed by atoms with Crippen LogP contribution in [0.5, 0.6) is 0 Å². The minimum Gasteiger partial charge on any atom is -0.416 e. The summed E-state index contributed by atoms with van der Waals surface area (Å²) in [5, 5.41) is 11.2. The zero-order valence-corrected chi connectivity index (χ0v) is 17.9. The summed E-state index contributed by atoms with van der Waals surface area (Å²) in [6.07, 6.45) is 0. The summed E-state index contributed by atoms with van der Waals surface area (Å²) < 4.78 is 8.42. The van der Waals surface area contributed by atoms with Crippen LogP contribution >= 0.6 is 0 Å². The molecule has 0 aliphatic carbocycles. The molecule has 0 aliphatic heterocycles. The van der Waals surface area contributed by atoms with Crippen molar-refractivity contribution in [3.05, 3.63) is 102 Å². The van der Waals surface area contributed by atoms with Crippen molar-refractivity contribution in [2.24, 2.45) is 0 Å². The molecule has 4 nitrogen and oxygen atoms in total. The number of hydrogen-bond acceptors (Lipinski definition) is 3. The van der Waals surface area contributed by atoms with E-state index >= 15 is 0 Å². The van der Waals surface area contributed by atoms with E-state index in [9.17, 15) is 0 Å². The van der Waals surface area contributed by atoms with Gasteiger partial charge in [0.25, 0.3) is 0 Å². The molecule has 0 radical (unpaired) electrons. The van der Waals surface area contributed by atoms with E-state index in [0.29, 0.717) is 11.8 Å². The number of fused-ring (bicyclic) bond motifs is 3. The lowest BCUT2D eigenvalue weighted by Gasteiger charge is -2.11. The molecule has 0 atom stereocenters. The first-order chi connectivity index (χ1) is 15.7. The molecule has 0 N–H and O–H groups in total. The first-order valence-corrected chi connectivity index (χ1v) is 10.7. The van der Waals surface area contributed by atoms with Gasteiger partial charge in [0.1, 0.15) is 0 Å². The monoisotopic (exact) mass is 415 g/mol. The highest BCUT2D eigenvalue weighted by Gasteiger charge is 2.19. The van der Waals surface area contributed by atoms with Crippen LogP contribution in [-0.2, 0) is 0 Å². The van der Waals surface area contributed by atoms with Gasteiger partial charge in [-0.2, -0.15) is 0 Å². The predicted octanol–water partition coefficient (Wildman–Crippen LogP) is 7.12. The van der Waals surface area contributed by atoms with E-state index in [1.54, 1.807) is 0 Å². The van der Waals surface area contributed by atoms with Gasteiger partial charge in [-0.15, -0.1) is 10.2 Å². The van der Waals surface area contributed by atoms with E-state index in [1.165, 1.54) is 21.9 Å². The van der Waals surface area contributed by atoms with Crippen LogP contribution in [0.4, 0.5) is 0 Å². The average molecular weight is 415 g/mol. The zero-order chi connectivity index (χ0) is 21.7. The highest BCUT2D eigenvalue weighted by molar-refractivity contribution is 6.10. The van der Waals surface area contributed by atoms with Crippen molar-refractivity contribution < 1.29 is 4.42 Å². The van der Waals surface area contributed by atoms with Gasteiger partial charge < -0.3 is 8.98 Å². The number of hydrogen-bond donors (Lipinski definition) is 0. The maximum atomic E-state index is 6.12. The average Bonchev–Trinajstić information content (AvgIpc) is 3.43. The summed E-state index contributed by atoms with van der Waals surface area (Å²) in [6, 6.07) is 31.3. The van der Waals surface area contributed by atoms with E-state index in [-0.39, 0.29) is 0 Å². The molecule has 0 saturated carbocycles. The Morgan fingerprint density at radius 1 is 0.625 bits per heavy atom. The first kappa shape index (κ1) is 18.6. The number of aromatic nitrogens is 3. The summed E-state index contributed by atoms with van der Waals surface area (Å²) >= 11 is 0. The first-order valence-electron chi connectivity index (χ1n) is 10.7. The van der Waals surface area contributed by atoms with Gasteiger partial charge in [-0.05, 0) is 62.4 Å². The van der Waals surface area contributed by atoms with E-state index in [2.05, 4.69) is 71.1 Å². The maximum Gasteiger partial charge on any atom is 0.250 e. The Hall–Kier alpha value is -4.18. The Balaban J connectivity index is 1.61. The number of nitrogens with zero attached hydrogens (tertiary/aromatic N) is 3.